The van der Waals surface area contributed by atoms with Crippen LogP contribution in [0.2, 0.25) is 0 Å². The van der Waals surface area contributed by atoms with Crippen molar-refractivity contribution >= 4 is 5.91 Å². The lowest BCUT2D eigenvalue weighted by molar-refractivity contribution is 0.0374. The number of likely N-dealkylation sites (tertiary alicyclic amines) is 1. The van der Waals surface area contributed by atoms with E-state index in [1.54, 1.807) is 6.20 Å². The highest BCUT2D eigenvalue weighted by atomic mass is 16.5. The summed E-state index contributed by atoms with van der Waals surface area (Å²) in [6.45, 7) is 9.69. The minimum Gasteiger partial charge on any atom is -0.492 e. The van der Waals surface area contributed by atoms with Gasteiger partial charge in [0.05, 0.1) is 11.3 Å². The average Bonchev–Trinajstić information content (AvgIpc) is 2.85. The number of nitrogens with zero attached hydrogens (tertiary/aromatic N) is 4. The first-order valence-electron chi connectivity index (χ1n) is 13.1. The van der Waals surface area contributed by atoms with E-state index < -0.39 is 0 Å². The van der Waals surface area contributed by atoms with E-state index in [9.17, 15) is 4.79 Å². The molecule has 1 aromatic heterocycles. The predicted molar refractivity (Wildman–Crippen MR) is 135 cm³/mol. The van der Waals surface area contributed by atoms with Crippen LogP contribution in [-0.4, -0.2) is 65.0 Å². The van der Waals surface area contributed by atoms with Gasteiger partial charge in [-0.15, -0.1) is 0 Å². The van der Waals surface area contributed by atoms with Crippen molar-refractivity contribution in [2.24, 2.45) is 5.41 Å². The van der Waals surface area contributed by atoms with Gasteiger partial charge < -0.3 is 9.64 Å². The number of carbonyl (C=O) groups is 1. The minimum absolute atomic E-state index is 0.0777. The number of amides is 1. The monoisotopic (exact) mass is 464 g/mol. The molecule has 4 rings (SSSR count). The molecule has 1 aromatic carbocycles. The van der Waals surface area contributed by atoms with E-state index in [0.717, 1.165) is 70.0 Å². The number of rotatable bonds is 4. The van der Waals surface area contributed by atoms with Gasteiger partial charge in [-0.3, -0.25) is 9.69 Å². The molecule has 0 aliphatic carbocycles. The highest BCUT2D eigenvalue weighted by molar-refractivity contribution is 5.94. The Kier molecular flexibility index (Phi) is 8.54. The number of para-hydroxylation sites is 1. The van der Waals surface area contributed by atoms with Crippen LogP contribution in [0.15, 0.2) is 36.8 Å². The summed E-state index contributed by atoms with van der Waals surface area (Å²) in [4.78, 5) is 26.1. The number of benzene rings is 1. The van der Waals surface area contributed by atoms with Gasteiger partial charge in [-0.2, -0.15) is 0 Å². The second kappa shape index (κ2) is 11.8. The third kappa shape index (κ3) is 6.15. The Morgan fingerprint density at radius 2 is 1.94 bits per heavy atom. The number of carbonyl (C=O) groups excluding carboxylic acids is 1. The molecule has 0 N–H and O–H groups in total. The van der Waals surface area contributed by atoms with Crippen molar-refractivity contribution in [2.75, 3.05) is 39.3 Å². The molecular formula is C28H40N4O2. The van der Waals surface area contributed by atoms with Crippen LogP contribution in [0.5, 0.6) is 5.75 Å². The zero-order valence-corrected chi connectivity index (χ0v) is 21.0. The first kappa shape index (κ1) is 24.6. The summed E-state index contributed by atoms with van der Waals surface area (Å²) in [5.74, 6) is 1.13. The maximum absolute atomic E-state index is 13.1. The maximum atomic E-state index is 13.1. The van der Waals surface area contributed by atoms with Crippen LogP contribution in [0, 0.1) is 12.3 Å². The van der Waals surface area contributed by atoms with Gasteiger partial charge in [-0.1, -0.05) is 38.0 Å². The number of fused-ring (bicyclic) bond motifs is 1. The number of hydrogen-bond acceptors (Lipinski definition) is 5. The molecule has 1 spiro atoms. The Morgan fingerprint density at radius 3 is 2.74 bits per heavy atom. The summed E-state index contributed by atoms with van der Waals surface area (Å²) < 4.78 is 6.25. The van der Waals surface area contributed by atoms with Gasteiger partial charge in [0.1, 0.15) is 18.7 Å². The van der Waals surface area contributed by atoms with Crippen molar-refractivity contribution in [3.8, 4) is 5.75 Å². The fraction of sp³-hybridized carbons (Fsp3) is 0.607. The number of ether oxygens (including phenoxy) is 1. The van der Waals surface area contributed by atoms with Gasteiger partial charge in [0.25, 0.3) is 5.91 Å². The van der Waals surface area contributed by atoms with E-state index in [0.29, 0.717) is 5.56 Å². The maximum Gasteiger partial charge on any atom is 0.257 e. The van der Waals surface area contributed by atoms with Crippen molar-refractivity contribution in [3.05, 3.63) is 53.6 Å². The predicted octanol–water partition coefficient (Wildman–Crippen LogP) is 4.91. The average molecular weight is 465 g/mol. The van der Waals surface area contributed by atoms with Crippen LogP contribution in [-0.2, 0) is 6.42 Å². The van der Waals surface area contributed by atoms with Crippen LogP contribution >= 0.6 is 0 Å². The second-order valence-electron chi connectivity index (χ2n) is 10.1. The Morgan fingerprint density at radius 1 is 1.12 bits per heavy atom. The summed E-state index contributed by atoms with van der Waals surface area (Å²) in [6.07, 6.45) is 12.4. The third-order valence-corrected chi connectivity index (χ3v) is 7.68. The molecule has 34 heavy (non-hydrogen) atoms. The van der Waals surface area contributed by atoms with Crippen molar-refractivity contribution in [2.45, 2.75) is 65.2 Å². The zero-order valence-electron chi connectivity index (χ0n) is 21.0. The quantitative estimate of drug-likeness (QED) is 0.643. The van der Waals surface area contributed by atoms with Gasteiger partial charge in [-0.25, -0.2) is 9.97 Å². The second-order valence-corrected chi connectivity index (χ2v) is 10.1. The van der Waals surface area contributed by atoms with E-state index >= 15 is 0 Å². The highest BCUT2D eigenvalue weighted by Gasteiger charge is 2.37. The summed E-state index contributed by atoms with van der Waals surface area (Å²) in [6, 6.07) is 8.53. The van der Waals surface area contributed by atoms with Gasteiger partial charge in [0, 0.05) is 32.4 Å². The van der Waals surface area contributed by atoms with Crippen molar-refractivity contribution in [1.29, 1.82) is 0 Å². The van der Waals surface area contributed by atoms with Crippen LogP contribution in [0.4, 0.5) is 0 Å². The molecular weight excluding hydrogens is 424 g/mol. The lowest BCUT2D eigenvalue weighted by Crippen LogP contribution is -2.49. The zero-order chi connectivity index (χ0) is 23.8. The Balaban J connectivity index is 1.46. The molecule has 1 amide bonds. The normalized spacial score (nSPS) is 19.5. The molecule has 6 nitrogen and oxygen atoms in total. The number of aromatic nitrogens is 2. The Bertz CT molecular complexity index is 940. The van der Waals surface area contributed by atoms with Crippen LogP contribution in [0.3, 0.4) is 0 Å². The molecule has 1 saturated heterocycles. The number of piperidine rings is 1. The molecule has 1 fully saturated rings. The van der Waals surface area contributed by atoms with E-state index in [2.05, 4.69) is 46.1 Å². The van der Waals surface area contributed by atoms with Crippen LogP contribution in [0.25, 0.3) is 0 Å². The van der Waals surface area contributed by atoms with Crippen molar-refractivity contribution in [1.82, 2.24) is 19.8 Å². The molecule has 0 unspecified atom stereocenters. The van der Waals surface area contributed by atoms with Gasteiger partial charge in [0.15, 0.2) is 0 Å². The van der Waals surface area contributed by atoms with Gasteiger partial charge >= 0.3 is 0 Å². The van der Waals surface area contributed by atoms with E-state index in [1.807, 2.05) is 11.8 Å². The molecule has 2 aliphatic rings. The minimum atomic E-state index is 0.0777. The topological polar surface area (TPSA) is 58.6 Å². The molecule has 0 atom stereocenters. The fourth-order valence-corrected chi connectivity index (χ4v) is 5.52. The summed E-state index contributed by atoms with van der Waals surface area (Å²) >= 11 is 0. The van der Waals surface area contributed by atoms with Crippen LogP contribution < -0.4 is 4.74 Å². The Hall–Kier alpha value is -2.47. The lowest BCUT2D eigenvalue weighted by Gasteiger charge is -2.45. The number of hydrogen-bond donors (Lipinski definition) is 0. The first-order valence-corrected chi connectivity index (χ1v) is 13.1. The molecule has 6 heteroatoms. The SMILES string of the molecule is CCCCN1CCOc2ccccc2CCCCC2(CCN(C(=O)c3cncnc3C)CC2)C1. The van der Waals surface area contributed by atoms with Crippen molar-refractivity contribution < 1.29 is 9.53 Å². The molecule has 2 aliphatic heterocycles. The highest BCUT2D eigenvalue weighted by Crippen LogP contribution is 2.39. The van der Waals surface area contributed by atoms with E-state index in [-0.39, 0.29) is 11.3 Å². The molecule has 2 aromatic rings. The Labute approximate surface area is 204 Å². The van der Waals surface area contributed by atoms with Crippen molar-refractivity contribution in [3.63, 3.8) is 0 Å². The summed E-state index contributed by atoms with van der Waals surface area (Å²) in [7, 11) is 0. The standard InChI is InChI=1S/C28H40N4O2/c1-3-4-15-31-18-19-34-26-11-6-5-9-24(26)10-7-8-12-28(21-31)13-16-32(17-14-28)27(33)25-20-29-22-30-23(25)2/h5-6,9,11,20,22H,3-4,7-8,10,12-19,21H2,1-2H3. The van der Waals surface area contributed by atoms with E-state index in [1.165, 1.54) is 44.0 Å². The molecule has 184 valence electrons. The first-order chi connectivity index (χ1) is 16.6. The van der Waals surface area contributed by atoms with E-state index in [4.69, 9.17) is 4.74 Å². The molecule has 0 bridgehead atoms. The van der Waals surface area contributed by atoms with Gasteiger partial charge in [0.2, 0.25) is 0 Å². The third-order valence-electron chi connectivity index (χ3n) is 7.68. The number of aryl methyl sites for hydroxylation is 2. The van der Waals surface area contributed by atoms with Crippen LogP contribution in [0.1, 0.15) is 73.5 Å². The lowest BCUT2D eigenvalue weighted by atomic mass is 9.73. The largest absolute Gasteiger partial charge is 0.492 e. The van der Waals surface area contributed by atoms with Gasteiger partial charge in [-0.05, 0) is 69.0 Å². The summed E-state index contributed by atoms with van der Waals surface area (Å²) in [5, 5.41) is 0. The fourth-order valence-electron chi connectivity index (χ4n) is 5.52. The molecule has 0 saturated carbocycles. The molecule has 0 radical (unpaired) electrons. The summed E-state index contributed by atoms with van der Waals surface area (Å²) in [5.41, 5.74) is 3.00. The number of unbranched alkanes of at least 4 members (excludes halogenated alkanes) is 1. The molecule has 3 heterocycles. The smallest absolute Gasteiger partial charge is 0.257 e.